The van der Waals surface area contributed by atoms with Gasteiger partial charge in [-0.05, 0) is 0 Å². The third-order valence-corrected chi connectivity index (χ3v) is 2.15. The van der Waals surface area contributed by atoms with Crippen LogP contribution in [-0.2, 0) is 4.79 Å². The Bertz CT molecular complexity index is 276. The van der Waals surface area contributed by atoms with Crippen LogP contribution >= 0.6 is 0 Å². The van der Waals surface area contributed by atoms with Gasteiger partial charge in [-0.1, -0.05) is 0 Å². The number of amides is 3. The van der Waals surface area contributed by atoms with Crippen LogP contribution in [0.1, 0.15) is 6.42 Å². The second kappa shape index (κ2) is 10.5. The van der Waals surface area contributed by atoms with E-state index in [0.717, 1.165) is 4.90 Å². The molecular weight excluding hydrogens is 258 g/mol. The Kier molecular flexibility index (Phi) is 9.71. The number of hydrogen-bond acceptors (Lipinski definition) is 6. The van der Waals surface area contributed by atoms with E-state index in [9.17, 15) is 14.7 Å². The summed E-state index contributed by atoms with van der Waals surface area (Å²) in [7, 11) is 0. The number of aliphatic hydroxyl groups is 4. The fraction of sp³-hybridized carbons (Fsp3) is 0.800. The van der Waals surface area contributed by atoms with Gasteiger partial charge in [0, 0.05) is 19.6 Å². The first-order chi connectivity index (χ1) is 9.06. The molecule has 0 spiro atoms. The average molecular weight is 279 g/mol. The number of urea groups is 1. The van der Waals surface area contributed by atoms with Crippen molar-refractivity contribution in [1.29, 1.82) is 0 Å². The van der Waals surface area contributed by atoms with E-state index in [0.29, 0.717) is 0 Å². The molecule has 0 aromatic heterocycles. The molecule has 19 heavy (non-hydrogen) atoms. The Morgan fingerprint density at radius 2 is 1.58 bits per heavy atom. The van der Waals surface area contributed by atoms with Gasteiger partial charge in [-0.15, -0.1) is 0 Å². The number of nitrogens with one attached hydrogen (secondary N) is 2. The summed E-state index contributed by atoms with van der Waals surface area (Å²) in [6.07, 6.45) is -1.77. The van der Waals surface area contributed by atoms with E-state index < -0.39 is 18.2 Å². The third-order valence-electron chi connectivity index (χ3n) is 2.15. The predicted octanol–water partition coefficient (Wildman–Crippen LogP) is -3.20. The van der Waals surface area contributed by atoms with Crippen LogP contribution in [0.5, 0.6) is 0 Å². The second-order valence-corrected chi connectivity index (χ2v) is 3.63. The minimum absolute atomic E-state index is 0.00416. The number of hydrogen-bond donors (Lipinski definition) is 6. The SMILES string of the molecule is O=C(CC(O)N(CCO)C(=O)NCCO)NCCO. The molecule has 0 aliphatic heterocycles. The fourth-order valence-corrected chi connectivity index (χ4v) is 1.30. The van der Waals surface area contributed by atoms with Crippen LogP contribution in [0.2, 0.25) is 0 Å². The quantitative estimate of drug-likeness (QED) is 0.245. The smallest absolute Gasteiger partial charge is 0.319 e. The molecule has 0 aromatic rings. The summed E-state index contributed by atoms with van der Waals surface area (Å²) in [5.41, 5.74) is 0. The molecule has 0 aliphatic rings. The molecule has 9 nitrogen and oxygen atoms in total. The molecule has 0 saturated heterocycles. The Labute approximate surface area is 110 Å². The second-order valence-electron chi connectivity index (χ2n) is 3.63. The van der Waals surface area contributed by atoms with E-state index in [1.54, 1.807) is 0 Å². The van der Waals surface area contributed by atoms with Crippen molar-refractivity contribution in [3.63, 3.8) is 0 Å². The normalized spacial score (nSPS) is 11.8. The van der Waals surface area contributed by atoms with E-state index >= 15 is 0 Å². The molecule has 6 N–H and O–H groups in total. The zero-order chi connectivity index (χ0) is 14.7. The summed E-state index contributed by atoms with van der Waals surface area (Å²) in [6, 6.07) is -0.689. The zero-order valence-electron chi connectivity index (χ0n) is 10.6. The topological polar surface area (TPSA) is 142 Å². The molecule has 3 amide bonds. The Morgan fingerprint density at radius 1 is 1.00 bits per heavy atom. The van der Waals surface area contributed by atoms with Crippen molar-refractivity contribution >= 4 is 11.9 Å². The zero-order valence-corrected chi connectivity index (χ0v) is 10.6. The maximum atomic E-state index is 11.6. The Morgan fingerprint density at radius 3 is 2.11 bits per heavy atom. The largest absolute Gasteiger partial charge is 0.395 e. The number of carbonyl (C=O) groups excluding carboxylic acids is 2. The summed E-state index contributed by atoms with van der Waals surface area (Å²) in [5.74, 6) is -0.528. The Balaban J connectivity index is 4.34. The van der Waals surface area contributed by atoms with Crippen molar-refractivity contribution in [1.82, 2.24) is 15.5 Å². The monoisotopic (exact) mass is 279 g/mol. The van der Waals surface area contributed by atoms with Crippen molar-refractivity contribution in [2.24, 2.45) is 0 Å². The van der Waals surface area contributed by atoms with Crippen LogP contribution < -0.4 is 10.6 Å². The molecule has 0 aliphatic carbocycles. The first kappa shape index (κ1) is 17.6. The van der Waals surface area contributed by atoms with Gasteiger partial charge in [-0.3, -0.25) is 9.69 Å². The van der Waals surface area contributed by atoms with Gasteiger partial charge in [0.1, 0.15) is 6.23 Å². The summed E-state index contributed by atoms with van der Waals surface area (Å²) in [5, 5.41) is 40.3. The molecule has 0 aromatic carbocycles. The van der Waals surface area contributed by atoms with Crippen molar-refractivity contribution in [2.45, 2.75) is 12.6 Å². The van der Waals surface area contributed by atoms with Crippen LogP contribution in [0.3, 0.4) is 0 Å². The van der Waals surface area contributed by atoms with E-state index in [1.165, 1.54) is 0 Å². The molecule has 1 atom stereocenters. The minimum atomic E-state index is -1.40. The molecule has 0 rings (SSSR count). The molecule has 112 valence electrons. The molecular formula is C10H21N3O6. The molecule has 0 bridgehead atoms. The highest BCUT2D eigenvalue weighted by Crippen LogP contribution is 2.01. The number of aliphatic hydroxyl groups excluding tert-OH is 4. The van der Waals surface area contributed by atoms with E-state index in [4.69, 9.17) is 15.3 Å². The lowest BCUT2D eigenvalue weighted by Gasteiger charge is -2.27. The van der Waals surface area contributed by atoms with Crippen LogP contribution in [-0.4, -0.2) is 82.9 Å². The van der Waals surface area contributed by atoms with Crippen LogP contribution in [0.4, 0.5) is 4.79 Å². The van der Waals surface area contributed by atoms with E-state index in [2.05, 4.69) is 10.6 Å². The van der Waals surface area contributed by atoms with Gasteiger partial charge in [0.25, 0.3) is 0 Å². The van der Waals surface area contributed by atoms with E-state index in [-0.39, 0.29) is 45.9 Å². The van der Waals surface area contributed by atoms with Crippen molar-refractivity contribution in [3.8, 4) is 0 Å². The summed E-state index contributed by atoms with van der Waals surface area (Å²) in [4.78, 5) is 23.8. The first-order valence-corrected chi connectivity index (χ1v) is 5.88. The lowest BCUT2D eigenvalue weighted by Crippen LogP contribution is -2.49. The summed E-state index contributed by atoms with van der Waals surface area (Å²) < 4.78 is 0. The van der Waals surface area contributed by atoms with Crippen LogP contribution in [0, 0.1) is 0 Å². The van der Waals surface area contributed by atoms with Crippen LogP contribution in [0.15, 0.2) is 0 Å². The predicted molar refractivity (Wildman–Crippen MR) is 65.0 cm³/mol. The lowest BCUT2D eigenvalue weighted by molar-refractivity contribution is -0.125. The highest BCUT2D eigenvalue weighted by molar-refractivity contribution is 5.78. The van der Waals surface area contributed by atoms with Gasteiger partial charge in [0.15, 0.2) is 0 Å². The van der Waals surface area contributed by atoms with Gasteiger partial charge in [-0.25, -0.2) is 4.79 Å². The highest BCUT2D eigenvalue weighted by atomic mass is 16.3. The molecule has 0 fully saturated rings. The maximum absolute atomic E-state index is 11.6. The van der Waals surface area contributed by atoms with Crippen LogP contribution in [0.25, 0.3) is 0 Å². The van der Waals surface area contributed by atoms with Crippen molar-refractivity contribution < 1.29 is 30.0 Å². The third kappa shape index (κ3) is 7.57. The summed E-state index contributed by atoms with van der Waals surface area (Å²) >= 11 is 0. The highest BCUT2D eigenvalue weighted by Gasteiger charge is 2.23. The average Bonchev–Trinajstić information content (AvgIpc) is 2.39. The number of nitrogens with zero attached hydrogens (tertiary/aromatic N) is 1. The molecule has 0 saturated carbocycles. The minimum Gasteiger partial charge on any atom is -0.395 e. The molecule has 9 heteroatoms. The number of carbonyl (C=O) groups is 2. The standard InChI is InChI=1S/C10H21N3O6/c14-4-1-11-8(17)7-9(18)13(3-6-16)10(19)12-2-5-15/h9,14-16,18H,1-7H2,(H,11,17)(H,12,19). The first-order valence-electron chi connectivity index (χ1n) is 5.88. The fourth-order valence-electron chi connectivity index (χ4n) is 1.30. The van der Waals surface area contributed by atoms with Gasteiger partial charge < -0.3 is 31.1 Å². The maximum Gasteiger partial charge on any atom is 0.319 e. The van der Waals surface area contributed by atoms with Gasteiger partial charge in [-0.2, -0.15) is 0 Å². The molecule has 0 radical (unpaired) electrons. The van der Waals surface area contributed by atoms with Gasteiger partial charge in [0.05, 0.1) is 26.2 Å². The number of rotatable bonds is 9. The molecule has 0 heterocycles. The Hall–Kier alpha value is -1.42. The van der Waals surface area contributed by atoms with Gasteiger partial charge in [0.2, 0.25) is 5.91 Å². The lowest BCUT2D eigenvalue weighted by atomic mass is 10.3. The molecule has 1 unspecified atom stereocenters. The van der Waals surface area contributed by atoms with Crippen molar-refractivity contribution in [2.75, 3.05) is 39.5 Å². The summed E-state index contributed by atoms with van der Waals surface area (Å²) in [6.45, 7) is -0.939. The van der Waals surface area contributed by atoms with Crippen molar-refractivity contribution in [3.05, 3.63) is 0 Å². The van der Waals surface area contributed by atoms with Gasteiger partial charge >= 0.3 is 6.03 Å². The van der Waals surface area contributed by atoms with E-state index in [1.807, 2.05) is 0 Å².